The second kappa shape index (κ2) is 5.99. The van der Waals surface area contributed by atoms with Gasteiger partial charge in [-0.3, -0.25) is 9.89 Å². The Hall–Kier alpha value is -2.37. The minimum atomic E-state index is -0.347. The highest BCUT2D eigenvalue weighted by Crippen LogP contribution is 2.11. The highest BCUT2D eigenvalue weighted by molar-refractivity contribution is 5.90. The number of nitrogens with zero attached hydrogens (tertiary/aromatic N) is 1. The van der Waals surface area contributed by atoms with Gasteiger partial charge in [-0.05, 0) is 30.7 Å². The summed E-state index contributed by atoms with van der Waals surface area (Å²) >= 11 is 0. The second-order valence-corrected chi connectivity index (χ2v) is 3.92. The molecule has 0 radical (unpaired) electrons. The SMILES string of the molecule is CCc1cc(NC(=O)COc2ccc(F)cc2)n[nH]1. The maximum atomic E-state index is 12.7. The zero-order valence-electron chi connectivity index (χ0n) is 10.4. The van der Waals surface area contributed by atoms with E-state index in [1.807, 2.05) is 6.92 Å². The number of rotatable bonds is 5. The molecule has 2 rings (SSSR count). The Bertz CT molecular complexity index is 551. The molecule has 1 aromatic carbocycles. The standard InChI is InChI=1S/C13H14FN3O2/c1-2-10-7-12(17-16-10)15-13(18)8-19-11-5-3-9(14)4-6-11/h3-7H,2,8H2,1H3,(H2,15,16,17,18). The fourth-order valence-electron chi connectivity index (χ4n) is 1.47. The third-order valence-electron chi connectivity index (χ3n) is 2.46. The lowest BCUT2D eigenvalue weighted by Crippen LogP contribution is -2.20. The van der Waals surface area contributed by atoms with Crippen LogP contribution in [0, 0.1) is 5.82 Å². The lowest BCUT2D eigenvalue weighted by molar-refractivity contribution is -0.118. The van der Waals surface area contributed by atoms with Gasteiger partial charge in [0.05, 0.1) is 0 Å². The minimum absolute atomic E-state index is 0.153. The van der Waals surface area contributed by atoms with E-state index in [2.05, 4.69) is 15.5 Å². The van der Waals surface area contributed by atoms with Crippen molar-refractivity contribution in [2.75, 3.05) is 11.9 Å². The number of hydrogen-bond donors (Lipinski definition) is 2. The molecule has 0 bridgehead atoms. The summed E-state index contributed by atoms with van der Waals surface area (Å²) in [7, 11) is 0. The Kier molecular flexibility index (Phi) is 4.12. The lowest BCUT2D eigenvalue weighted by atomic mass is 10.3. The highest BCUT2D eigenvalue weighted by atomic mass is 19.1. The zero-order valence-corrected chi connectivity index (χ0v) is 10.4. The van der Waals surface area contributed by atoms with Crippen molar-refractivity contribution in [3.63, 3.8) is 0 Å². The minimum Gasteiger partial charge on any atom is -0.484 e. The van der Waals surface area contributed by atoms with Crippen molar-refractivity contribution in [1.82, 2.24) is 10.2 Å². The summed E-state index contributed by atoms with van der Waals surface area (Å²) in [5.74, 6) is 0.233. The van der Waals surface area contributed by atoms with Crippen molar-refractivity contribution in [1.29, 1.82) is 0 Å². The van der Waals surface area contributed by atoms with Crippen molar-refractivity contribution in [3.05, 3.63) is 41.8 Å². The number of carbonyl (C=O) groups is 1. The number of H-pyrrole nitrogens is 1. The summed E-state index contributed by atoms with van der Waals surface area (Å²) in [5, 5.41) is 9.32. The second-order valence-electron chi connectivity index (χ2n) is 3.92. The Morgan fingerprint density at radius 2 is 2.16 bits per heavy atom. The smallest absolute Gasteiger partial charge is 0.263 e. The third-order valence-corrected chi connectivity index (χ3v) is 2.46. The van der Waals surface area contributed by atoms with Crippen LogP contribution in [0.1, 0.15) is 12.6 Å². The van der Waals surface area contributed by atoms with E-state index in [1.54, 1.807) is 6.07 Å². The molecule has 6 heteroatoms. The molecule has 2 aromatic rings. The number of amides is 1. The van der Waals surface area contributed by atoms with Crippen molar-refractivity contribution < 1.29 is 13.9 Å². The molecule has 0 aliphatic rings. The molecule has 1 amide bonds. The summed E-state index contributed by atoms with van der Waals surface area (Å²) in [4.78, 5) is 11.6. The van der Waals surface area contributed by atoms with Crippen LogP contribution in [0.2, 0.25) is 0 Å². The van der Waals surface area contributed by atoms with Crippen LogP contribution < -0.4 is 10.1 Å². The van der Waals surface area contributed by atoms with Gasteiger partial charge in [0, 0.05) is 11.8 Å². The van der Waals surface area contributed by atoms with Gasteiger partial charge in [-0.2, -0.15) is 5.10 Å². The first-order chi connectivity index (χ1) is 9.17. The summed E-state index contributed by atoms with van der Waals surface area (Å²) in [5.41, 5.74) is 0.940. The van der Waals surface area contributed by atoms with Gasteiger partial charge in [-0.15, -0.1) is 0 Å². The molecule has 0 saturated heterocycles. The number of benzene rings is 1. The molecular formula is C13H14FN3O2. The van der Waals surface area contributed by atoms with E-state index in [0.29, 0.717) is 11.6 Å². The number of aromatic nitrogens is 2. The quantitative estimate of drug-likeness (QED) is 0.868. The number of aryl methyl sites for hydroxylation is 1. The molecule has 100 valence electrons. The fourth-order valence-corrected chi connectivity index (χ4v) is 1.47. The average Bonchev–Trinajstić information content (AvgIpc) is 2.86. The molecule has 0 aliphatic heterocycles. The van der Waals surface area contributed by atoms with E-state index >= 15 is 0 Å². The predicted octanol–water partition coefficient (Wildman–Crippen LogP) is 2.13. The first-order valence-corrected chi connectivity index (χ1v) is 5.90. The maximum absolute atomic E-state index is 12.7. The number of carbonyl (C=O) groups excluding carboxylic acids is 1. The monoisotopic (exact) mass is 263 g/mol. The molecule has 1 heterocycles. The predicted molar refractivity (Wildman–Crippen MR) is 68.5 cm³/mol. The number of anilines is 1. The molecule has 0 unspecified atom stereocenters. The van der Waals surface area contributed by atoms with E-state index in [4.69, 9.17) is 4.74 Å². The largest absolute Gasteiger partial charge is 0.484 e. The van der Waals surface area contributed by atoms with Gasteiger partial charge in [0.1, 0.15) is 11.6 Å². The van der Waals surface area contributed by atoms with Crippen LogP contribution >= 0.6 is 0 Å². The molecule has 0 fully saturated rings. The zero-order chi connectivity index (χ0) is 13.7. The van der Waals surface area contributed by atoms with E-state index < -0.39 is 0 Å². The van der Waals surface area contributed by atoms with Crippen LogP contribution in [0.5, 0.6) is 5.75 Å². The molecule has 19 heavy (non-hydrogen) atoms. The van der Waals surface area contributed by atoms with Gasteiger partial charge in [0.25, 0.3) is 5.91 Å². The van der Waals surface area contributed by atoms with E-state index in [9.17, 15) is 9.18 Å². The molecule has 0 atom stereocenters. The summed E-state index contributed by atoms with van der Waals surface area (Å²) in [6.45, 7) is 1.83. The first-order valence-electron chi connectivity index (χ1n) is 5.90. The molecule has 1 aromatic heterocycles. The third kappa shape index (κ3) is 3.80. The Labute approximate surface area is 109 Å². The summed E-state index contributed by atoms with van der Waals surface area (Å²) < 4.78 is 17.9. The molecule has 5 nitrogen and oxygen atoms in total. The van der Waals surface area contributed by atoms with Crippen LogP contribution in [-0.4, -0.2) is 22.7 Å². The topological polar surface area (TPSA) is 67.0 Å². The van der Waals surface area contributed by atoms with Crippen molar-refractivity contribution in [3.8, 4) is 5.75 Å². The van der Waals surface area contributed by atoms with Crippen LogP contribution in [0.25, 0.3) is 0 Å². The van der Waals surface area contributed by atoms with Crippen molar-refractivity contribution in [2.45, 2.75) is 13.3 Å². The normalized spacial score (nSPS) is 10.2. The fraction of sp³-hybridized carbons (Fsp3) is 0.231. The van der Waals surface area contributed by atoms with E-state index in [-0.39, 0.29) is 18.3 Å². The van der Waals surface area contributed by atoms with Crippen LogP contribution in [0.4, 0.5) is 10.2 Å². The van der Waals surface area contributed by atoms with E-state index in [1.165, 1.54) is 24.3 Å². The Morgan fingerprint density at radius 1 is 1.42 bits per heavy atom. The van der Waals surface area contributed by atoms with Crippen molar-refractivity contribution >= 4 is 11.7 Å². The number of hydrogen-bond acceptors (Lipinski definition) is 3. The van der Waals surface area contributed by atoms with Gasteiger partial charge in [0.15, 0.2) is 12.4 Å². The number of nitrogens with one attached hydrogen (secondary N) is 2. The summed E-state index contributed by atoms with van der Waals surface area (Å²) in [6, 6.07) is 7.23. The molecule has 0 spiro atoms. The first kappa shape index (κ1) is 13.1. The highest BCUT2D eigenvalue weighted by Gasteiger charge is 2.06. The van der Waals surface area contributed by atoms with Gasteiger partial charge < -0.3 is 10.1 Å². The van der Waals surface area contributed by atoms with Gasteiger partial charge in [0.2, 0.25) is 0 Å². The van der Waals surface area contributed by atoms with Crippen LogP contribution in [0.15, 0.2) is 30.3 Å². The Balaban J connectivity index is 1.82. The lowest BCUT2D eigenvalue weighted by Gasteiger charge is -2.05. The summed E-state index contributed by atoms with van der Waals surface area (Å²) in [6.07, 6.45) is 0.814. The average molecular weight is 263 g/mol. The maximum Gasteiger partial charge on any atom is 0.263 e. The van der Waals surface area contributed by atoms with Crippen LogP contribution in [0.3, 0.4) is 0 Å². The van der Waals surface area contributed by atoms with Gasteiger partial charge >= 0.3 is 0 Å². The number of halogens is 1. The molecule has 0 saturated carbocycles. The molecule has 2 N–H and O–H groups in total. The van der Waals surface area contributed by atoms with Crippen molar-refractivity contribution in [2.24, 2.45) is 0 Å². The Morgan fingerprint density at radius 3 is 2.79 bits per heavy atom. The van der Waals surface area contributed by atoms with E-state index in [0.717, 1.165) is 12.1 Å². The van der Waals surface area contributed by atoms with Gasteiger partial charge in [-0.25, -0.2) is 4.39 Å². The number of aromatic amines is 1. The molecular weight excluding hydrogens is 249 g/mol. The number of ether oxygens (including phenoxy) is 1. The molecule has 0 aliphatic carbocycles. The van der Waals surface area contributed by atoms with Gasteiger partial charge in [-0.1, -0.05) is 6.92 Å². The van der Waals surface area contributed by atoms with Crippen LogP contribution in [-0.2, 0) is 11.2 Å².